The molecule has 2 aliphatic heterocycles. The van der Waals surface area contributed by atoms with Crippen LogP contribution in [0.4, 0.5) is 10.5 Å². The van der Waals surface area contributed by atoms with Crippen LogP contribution in [0.2, 0.25) is 5.02 Å². The van der Waals surface area contributed by atoms with E-state index in [1.165, 1.54) is 0 Å². The quantitative estimate of drug-likeness (QED) is 0.353. The fourth-order valence-electron chi connectivity index (χ4n) is 4.89. The van der Waals surface area contributed by atoms with Gasteiger partial charge >= 0.3 is 6.09 Å². The van der Waals surface area contributed by atoms with Gasteiger partial charge in [-0.2, -0.15) is 0 Å². The third-order valence-corrected chi connectivity index (χ3v) is 7.45. The summed E-state index contributed by atoms with van der Waals surface area (Å²) in [6, 6.07) is 5.65. The van der Waals surface area contributed by atoms with Crippen molar-refractivity contribution in [3.8, 4) is 5.75 Å². The predicted molar refractivity (Wildman–Crippen MR) is 157 cm³/mol. The van der Waals surface area contributed by atoms with Crippen LogP contribution in [0.25, 0.3) is 0 Å². The molecule has 1 saturated heterocycles. The summed E-state index contributed by atoms with van der Waals surface area (Å²) in [6.45, 7) is 10.6. The lowest BCUT2D eigenvalue weighted by Gasteiger charge is -2.30. The molecular formula is C28H41ClN4O5S. The van der Waals surface area contributed by atoms with Crippen molar-refractivity contribution in [2.75, 3.05) is 38.1 Å². The van der Waals surface area contributed by atoms with Crippen molar-refractivity contribution in [3.63, 3.8) is 0 Å². The summed E-state index contributed by atoms with van der Waals surface area (Å²) in [4.78, 5) is 29.1. The third-order valence-electron chi connectivity index (χ3n) is 6.84. The van der Waals surface area contributed by atoms with Gasteiger partial charge in [0.1, 0.15) is 21.9 Å². The number of carbonyl (C=O) groups excluding carboxylic acids is 2. The fourth-order valence-corrected chi connectivity index (χ4v) is 5.44. The highest BCUT2D eigenvalue weighted by atomic mass is 35.5. The number of amides is 2. The smallest absolute Gasteiger partial charge is 0.417 e. The van der Waals surface area contributed by atoms with Gasteiger partial charge in [0.15, 0.2) is 5.75 Å². The third kappa shape index (κ3) is 8.54. The molecule has 11 heteroatoms. The zero-order valence-electron chi connectivity index (χ0n) is 23.3. The topological polar surface area (TPSA) is 117 Å². The molecule has 2 atom stereocenters. The average Bonchev–Trinajstić information content (AvgIpc) is 3.01. The lowest BCUT2D eigenvalue weighted by molar-refractivity contribution is -0.126. The predicted octanol–water partition coefficient (Wildman–Crippen LogP) is 5.28. The molecule has 0 spiro atoms. The van der Waals surface area contributed by atoms with E-state index in [9.17, 15) is 14.7 Å². The molecule has 0 aliphatic carbocycles. The number of aliphatic hydroxyl groups is 1. The Hall–Kier alpha value is -2.40. The first kappa shape index (κ1) is 31.1. The molecule has 2 unspecified atom stereocenters. The number of anilines is 1. The molecule has 0 saturated carbocycles. The Morgan fingerprint density at radius 1 is 1.31 bits per heavy atom. The van der Waals surface area contributed by atoms with E-state index in [2.05, 4.69) is 17.1 Å². The van der Waals surface area contributed by atoms with Gasteiger partial charge in [-0.05, 0) is 91.1 Å². The zero-order chi connectivity index (χ0) is 28.7. The normalized spacial score (nSPS) is 21.0. The Bertz CT molecular complexity index is 1090. The average molecular weight is 581 g/mol. The molecule has 0 aromatic heterocycles. The highest BCUT2D eigenvalue weighted by Crippen LogP contribution is 2.35. The van der Waals surface area contributed by atoms with Gasteiger partial charge in [0.05, 0.1) is 17.3 Å². The number of likely N-dealkylation sites (tertiary alicyclic amines) is 1. The Morgan fingerprint density at radius 2 is 2.05 bits per heavy atom. The molecule has 1 aromatic rings. The minimum atomic E-state index is -0.786. The number of benzene rings is 1. The molecule has 0 bridgehead atoms. The van der Waals surface area contributed by atoms with Crippen LogP contribution in [-0.4, -0.2) is 76.3 Å². The standard InChI is InChI=1S/C28H41ClN4O5S/c1-18-16-19(8-6-13-32(18)14-7-12-30)17-37-24-20(29)9-5-10-21(24)31-25(39)23-22(34)11-15-33(26(23)35)27(36)38-28(2,3)4/h5,9-10,18-19,34H,6-8,11-17,30H2,1-4H3,(H,31,39). The van der Waals surface area contributed by atoms with E-state index in [0.29, 0.717) is 41.6 Å². The van der Waals surface area contributed by atoms with Gasteiger partial charge in [-0.1, -0.05) is 29.9 Å². The summed E-state index contributed by atoms with van der Waals surface area (Å²) in [5.41, 5.74) is 5.25. The van der Waals surface area contributed by atoms with Gasteiger partial charge in [-0.3, -0.25) is 4.79 Å². The van der Waals surface area contributed by atoms with E-state index in [0.717, 1.165) is 43.7 Å². The Morgan fingerprint density at radius 3 is 2.74 bits per heavy atom. The fraction of sp³-hybridized carbons (Fsp3) is 0.607. The van der Waals surface area contributed by atoms with Gasteiger partial charge in [0, 0.05) is 19.0 Å². The molecule has 9 nitrogen and oxygen atoms in total. The number of hydrogen-bond acceptors (Lipinski definition) is 8. The number of imide groups is 1. The largest absolute Gasteiger partial charge is 0.511 e. The van der Waals surface area contributed by atoms with Crippen LogP contribution in [0.1, 0.15) is 59.8 Å². The number of hydrogen-bond donors (Lipinski definition) is 3. The van der Waals surface area contributed by atoms with E-state index in [4.69, 9.17) is 39.0 Å². The summed E-state index contributed by atoms with van der Waals surface area (Å²) < 4.78 is 11.6. The number of para-hydroxylation sites is 1. The van der Waals surface area contributed by atoms with Crippen molar-refractivity contribution in [1.82, 2.24) is 9.80 Å². The minimum Gasteiger partial charge on any atom is -0.511 e. The molecule has 4 N–H and O–H groups in total. The molecule has 2 heterocycles. The Labute approximate surface area is 241 Å². The van der Waals surface area contributed by atoms with Crippen molar-refractivity contribution in [2.45, 2.75) is 71.4 Å². The highest BCUT2D eigenvalue weighted by Gasteiger charge is 2.36. The Kier molecular flexibility index (Phi) is 11.0. The molecule has 0 radical (unpaired) electrons. The molecule has 216 valence electrons. The second-order valence-corrected chi connectivity index (χ2v) is 12.0. The van der Waals surface area contributed by atoms with E-state index in [1.807, 2.05) is 0 Å². The number of carbonyl (C=O) groups is 2. The summed E-state index contributed by atoms with van der Waals surface area (Å²) in [6.07, 6.45) is 3.42. The number of aliphatic hydroxyl groups excluding tert-OH is 1. The maximum Gasteiger partial charge on any atom is 0.417 e. The maximum atomic E-state index is 13.1. The number of nitrogens with one attached hydrogen (secondary N) is 1. The first-order valence-electron chi connectivity index (χ1n) is 13.5. The highest BCUT2D eigenvalue weighted by molar-refractivity contribution is 7.81. The molecule has 1 fully saturated rings. The first-order chi connectivity index (χ1) is 18.4. The van der Waals surface area contributed by atoms with Crippen molar-refractivity contribution in [2.24, 2.45) is 11.7 Å². The number of halogens is 1. The second-order valence-electron chi connectivity index (χ2n) is 11.2. The van der Waals surface area contributed by atoms with Crippen LogP contribution in [0.3, 0.4) is 0 Å². The summed E-state index contributed by atoms with van der Waals surface area (Å²) in [5.74, 6) is -0.131. The Balaban J connectivity index is 1.70. The van der Waals surface area contributed by atoms with Gasteiger partial charge in [-0.15, -0.1) is 0 Å². The van der Waals surface area contributed by atoms with E-state index in [-0.39, 0.29) is 29.3 Å². The van der Waals surface area contributed by atoms with Gasteiger partial charge in [0.25, 0.3) is 5.91 Å². The second kappa shape index (κ2) is 13.8. The number of thiocarbonyl (C=S) groups is 1. The molecule has 39 heavy (non-hydrogen) atoms. The van der Waals surface area contributed by atoms with Crippen LogP contribution >= 0.6 is 23.8 Å². The van der Waals surface area contributed by atoms with E-state index in [1.54, 1.807) is 39.0 Å². The minimum absolute atomic E-state index is 0.000676. The van der Waals surface area contributed by atoms with Crippen molar-refractivity contribution in [1.29, 1.82) is 0 Å². The van der Waals surface area contributed by atoms with Gasteiger partial charge in [0.2, 0.25) is 0 Å². The lowest BCUT2D eigenvalue weighted by Crippen LogP contribution is -2.46. The van der Waals surface area contributed by atoms with Crippen LogP contribution in [0.15, 0.2) is 29.5 Å². The van der Waals surface area contributed by atoms with Crippen LogP contribution in [0, 0.1) is 5.92 Å². The van der Waals surface area contributed by atoms with Gasteiger partial charge < -0.3 is 30.5 Å². The van der Waals surface area contributed by atoms with Gasteiger partial charge in [-0.25, -0.2) is 9.69 Å². The molecule has 3 rings (SSSR count). The first-order valence-corrected chi connectivity index (χ1v) is 14.3. The molecule has 2 aliphatic rings. The lowest BCUT2D eigenvalue weighted by atomic mass is 9.98. The van der Waals surface area contributed by atoms with Crippen molar-refractivity contribution in [3.05, 3.63) is 34.6 Å². The molecule has 2 amide bonds. The SMILES string of the molecule is CC1CC(COc2c(Cl)cccc2NC(=S)C2=C(O)CCN(C(=O)OC(C)(C)C)C2=O)CCCN1CCCN. The van der Waals surface area contributed by atoms with Crippen LogP contribution in [-0.2, 0) is 9.53 Å². The molecule has 1 aromatic carbocycles. The number of nitrogens with two attached hydrogens (primary N) is 1. The maximum absolute atomic E-state index is 13.1. The molecular weight excluding hydrogens is 540 g/mol. The number of rotatable bonds is 8. The summed E-state index contributed by atoms with van der Waals surface area (Å²) in [5, 5.41) is 13.9. The monoisotopic (exact) mass is 580 g/mol. The number of nitrogens with zero attached hydrogens (tertiary/aromatic N) is 2. The van der Waals surface area contributed by atoms with E-state index >= 15 is 0 Å². The van der Waals surface area contributed by atoms with E-state index < -0.39 is 17.6 Å². The number of ether oxygens (including phenoxy) is 2. The zero-order valence-corrected chi connectivity index (χ0v) is 24.9. The van der Waals surface area contributed by atoms with Crippen molar-refractivity contribution >= 4 is 46.5 Å². The van der Waals surface area contributed by atoms with Crippen LogP contribution in [0.5, 0.6) is 5.75 Å². The summed E-state index contributed by atoms with van der Waals surface area (Å²) >= 11 is 12.0. The van der Waals surface area contributed by atoms with Crippen molar-refractivity contribution < 1.29 is 24.2 Å². The van der Waals surface area contributed by atoms with Crippen LogP contribution < -0.4 is 15.8 Å². The summed E-state index contributed by atoms with van der Waals surface area (Å²) in [7, 11) is 0.